The number of rotatable bonds is 3. The molecule has 6 heteroatoms. The molecule has 3 heterocycles. The fourth-order valence-corrected chi connectivity index (χ4v) is 3.11. The van der Waals surface area contributed by atoms with Crippen molar-refractivity contribution in [2.45, 2.75) is 39.5 Å². The number of carbonyl (C=O) groups excluding carboxylic acids is 1. The van der Waals surface area contributed by atoms with Gasteiger partial charge in [-0.25, -0.2) is 9.97 Å². The molecule has 122 valence electrons. The third kappa shape index (κ3) is 3.25. The number of piperidine rings is 1. The first kappa shape index (κ1) is 15.6. The second-order valence-corrected chi connectivity index (χ2v) is 6.43. The number of likely N-dealkylation sites (tertiary alicyclic amines) is 1. The predicted octanol–water partition coefficient (Wildman–Crippen LogP) is 2.80. The van der Waals surface area contributed by atoms with Crippen LogP contribution in [-0.4, -0.2) is 39.0 Å². The highest BCUT2D eigenvalue weighted by atomic mass is 16.5. The Hall–Kier alpha value is -2.24. The fourth-order valence-electron chi connectivity index (χ4n) is 3.11. The quantitative estimate of drug-likeness (QED) is 0.871. The van der Waals surface area contributed by atoms with Gasteiger partial charge in [-0.05, 0) is 19.8 Å². The minimum atomic E-state index is 0.0237. The van der Waals surface area contributed by atoms with Crippen LogP contribution in [0.1, 0.15) is 44.0 Å². The number of hydrogen-bond acceptors (Lipinski definition) is 5. The second kappa shape index (κ2) is 6.48. The molecular weight excluding hydrogens is 292 g/mol. The smallest absolute Gasteiger partial charge is 0.225 e. The molecule has 1 aliphatic rings. The van der Waals surface area contributed by atoms with Gasteiger partial charge in [0, 0.05) is 37.2 Å². The maximum Gasteiger partial charge on any atom is 0.225 e. The number of hydrogen-bond donors (Lipinski definition) is 0. The molecule has 0 aliphatic carbocycles. The van der Waals surface area contributed by atoms with Crippen LogP contribution in [0, 0.1) is 12.8 Å². The Morgan fingerprint density at radius 3 is 2.96 bits per heavy atom. The van der Waals surface area contributed by atoms with E-state index in [-0.39, 0.29) is 17.7 Å². The topological polar surface area (TPSA) is 72.1 Å². The molecule has 0 saturated carbocycles. The molecule has 23 heavy (non-hydrogen) atoms. The van der Waals surface area contributed by atoms with Crippen molar-refractivity contribution in [2.75, 3.05) is 13.1 Å². The standard InChI is InChI=1S/C17H22N4O2/c1-11(2)17(22)21-6-4-5-13(9-21)16-14(8-18-10-19-16)15-7-12(3)20-23-15/h7-8,10-11,13H,4-6,9H2,1-3H3. The highest BCUT2D eigenvalue weighted by Gasteiger charge is 2.29. The molecule has 2 aromatic rings. The summed E-state index contributed by atoms with van der Waals surface area (Å²) in [7, 11) is 0. The molecule has 1 fully saturated rings. The Balaban J connectivity index is 1.88. The molecule has 1 atom stereocenters. The largest absolute Gasteiger partial charge is 0.356 e. The number of nitrogens with zero attached hydrogens (tertiary/aromatic N) is 4. The third-order valence-electron chi connectivity index (χ3n) is 4.25. The number of aryl methyl sites for hydroxylation is 1. The van der Waals surface area contributed by atoms with E-state index in [0.29, 0.717) is 12.3 Å². The lowest BCUT2D eigenvalue weighted by atomic mass is 9.91. The molecule has 1 amide bonds. The minimum absolute atomic E-state index is 0.0237. The Labute approximate surface area is 135 Å². The van der Waals surface area contributed by atoms with Gasteiger partial charge in [0.05, 0.1) is 17.0 Å². The van der Waals surface area contributed by atoms with Crippen LogP contribution in [0.5, 0.6) is 0 Å². The van der Waals surface area contributed by atoms with E-state index in [0.717, 1.165) is 36.3 Å². The summed E-state index contributed by atoms with van der Waals surface area (Å²) in [5.41, 5.74) is 2.64. The first-order valence-electron chi connectivity index (χ1n) is 8.08. The molecule has 0 bridgehead atoms. The molecular formula is C17H22N4O2. The summed E-state index contributed by atoms with van der Waals surface area (Å²) in [4.78, 5) is 22.9. The van der Waals surface area contributed by atoms with Gasteiger partial charge in [-0.1, -0.05) is 19.0 Å². The van der Waals surface area contributed by atoms with Crippen LogP contribution in [0.4, 0.5) is 0 Å². The van der Waals surface area contributed by atoms with Crippen LogP contribution < -0.4 is 0 Å². The molecule has 0 aromatic carbocycles. The van der Waals surface area contributed by atoms with Gasteiger partial charge in [0.25, 0.3) is 0 Å². The first-order chi connectivity index (χ1) is 11.1. The van der Waals surface area contributed by atoms with Gasteiger partial charge in [-0.2, -0.15) is 0 Å². The number of amides is 1. The number of aromatic nitrogens is 3. The van der Waals surface area contributed by atoms with Crippen molar-refractivity contribution in [1.82, 2.24) is 20.0 Å². The highest BCUT2D eigenvalue weighted by molar-refractivity contribution is 5.78. The van der Waals surface area contributed by atoms with Crippen molar-refractivity contribution in [1.29, 1.82) is 0 Å². The van der Waals surface area contributed by atoms with Crippen LogP contribution >= 0.6 is 0 Å². The van der Waals surface area contributed by atoms with E-state index in [1.54, 1.807) is 12.5 Å². The summed E-state index contributed by atoms with van der Waals surface area (Å²) in [6, 6.07) is 1.89. The van der Waals surface area contributed by atoms with Gasteiger partial charge in [-0.3, -0.25) is 4.79 Å². The first-order valence-corrected chi connectivity index (χ1v) is 8.08. The Morgan fingerprint density at radius 2 is 2.26 bits per heavy atom. The van der Waals surface area contributed by atoms with Crippen molar-refractivity contribution in [2.24, 2.45) is 5.92 Å². The van der Waals surface area contributed by atoms with Crippen LogP contribution in [0.25, 0.3) is 11.3 Å². The normalized spacial score (nSPS) is 18.4. The van der Waals surface area contributed by atoms with E-state index in [1.807, 2.05) is 31.7 Å². The zero-order valence-corrected chi connectivity index (χ0v) is 13.8. The Kier molecular flexibility index (Phi) is 4.41. The van der Waals surface area contributed by atoms with Gasteiger partial charge in [0.2, 0.25) is 5.91 Å². The minimum Gasteiger partial charge on any atom is -0.356 e. The van der Waals surface area contributed by atoms with Crippen LogP contribution in [0.3, 0.4) is 0 Å². The van der Waals surface area contributed by atoms with Crippen LogP contribution in [-0.2, 0) is 4.79 Å². The molecule has 1 saturated heterocycles. The highest BCUT2D eigenvalue weighted by Crippen LogP contribution is 2.33. The van der Waals surface area contributed by atoms with Crippen molar-refractivity contribution in [3.05, 3.63) is 30.0 Å². The maximum atomic E-state index is 12.3. The fraction of sp³-hybridized carbons (Fsp3) is 0.529. The van der Waals surface area contributed by atoms with E-state index >= 15 is 0 Å². The summed E-state index contributed by atoms with van der Waals surface area (Å²) in [5.74, 6) is 1.12. The predicted molar refractivity (Wildman–Crippen MR) is 85.7 cm³/mol. The zero-order valence-electron chi connectivity index (χ0n) is 13.8. The van der Waals surface area contributed by atoms with Gasteiger partial charge < -0.3 is 9.42 Å². The average molecular weight is 314 g/mol. The van der Waals surface area contributed by atoms with Crippen molar-refractivity contribution >= 4 is 5.91 Å². The zero-order chi connectivity index (χ0) is 16.4. The SMILES string of the molecule is Cc1cc(-c2cncnc2C2CCCN(C(=O)C(C)C)C2)on1. The lowest BCUT2D eigenvalue weighted by molar-refractivity contribution is -0.135. The molecule has 0 N–H and O–H groups in total. The van der Waals surface area contributed by atoms with Crippen LogP contribution in [0.15, 0.2) is 23.1 Å². The summed E-state index contributed by atoms with van der Waals surface area (Å²) >= 11 is 0. The van der Waals surface area contributed by atoms with Crippen molar-refractivity contribution < 1.29 is 9.32 Å². The van der Waals surface area contributed by atoms with Crippen molar-refractivity contribution in [3.8, 4) is 11.3 Å². The van der Waals surface area contributed by atoms with E-state index < -0.39 is 0 Å². The lowest BCUT2D eigenvalue weighted by Crippen LogP contribution is -2.41. The molecule has 1 aliphatic heterocycles. The van der Waals surface area contributed by atoms with E-state index in [9.17, 15) is 4.79 Å². The monoisotopic (exact) mass is 314 g/mol. The summed E-state index contributed by atoms with van der Waals surface area (Å²) in [6.45, 7) is 7.31. The Bertz CT molecular complexity index is 695. The number of carbonyl (C=O) groups is 1. The van der Waals surface area contributed by atoms with E-state index in [4.69, 9.17) is 4.52 Å². The molecule has 6 nitrogen and oxygen atoms in total. The van der Waals surface area contributed by atoms with Crippen molar-refractivity contribution in [3.63, 3.8) is 0 Å². The average Bonchev–Trinajstić information content (AvgIpc) is 3.00. The summed E-state index contributed by atoms with van der Waals surface area (Å²) in [6.07, 6.45) is 5.33. The van der Waals surface area contributed by atoms with Crippen LogP contribution in [0.2, 0.25) is 0 Å². The Morgan fingerprint density at radius 1 is 1.43 bits per heavy atom. The lowest BCUT2D eigenvalue weighted by Gasteiger charge is -2.34. The van der Waals surface area contributed by atoms with Gasteiger partial charge in [0.1, 0.15) is 6.33 Å². The summed E-state index contributed by atoms with van der Waals surface area (Å²) in [5, 5.41) is 3.95. The second-order valence-electron chi connectivity index (χ2n) is 6.43. The van der Waals surface area contributed by atoms with Gasteiger partial charge in [-0.15, -0.1) is 0 Å². The van der Waals surface area contributed by atoms with Gasteiger partial charge in [0.15, 0.2) is 5.76 Å². The molecule has 0 spiro atoms. The molecule has 3 rings (SSSR count). The van der Waals surface area contributed by atoms with E-state index in [2.05, 4.69) is 15.1 Å². The molecule has 1 unspecified atom stereocenters. The summed E-state index contributed by atoms with van der Waals surface area (Å²) < 4.78 is 5.38. The molecule has 2 aromatic heterocycles. The third-order valence-corrected chi connectivity index (χ3v) is 4.25. The molecule has 0 radical (unpaired) electrons. The maximum absolute atomic E-state index is 12.3. The van der Waals surface area contributed by atoms with Gasteiger partial charge >= 0.3 is 0 Å². The van der Waals surface area contributed by atoms with E-state index in [1.165, 1.54) is 0 Å².